The van der Waals surface area contributed by atoms with Gasteiger partial charge in [-0.1, -0.05) is 26.0 Å². The van der Waals surface area contributed by atoms with Crippen molar-refractivity contribution in [2.45, 2.75) is 51.9 Å². The highest BCUT2D eigenvalue weighted by molar-refractivity contribution is 5.40. The third kappa shape index (κ3) is 4.10. The molecule has 0 aliphatic carbocycles. The van der Waals surface area contributed by atoms with Crippen molar-refractivity contribution in [3.8, 4) is 5.75 Å². The van der Waals surface area contributed by atoms with Crippen LogP contribution in [0, 0.1) is 5.92 Å². The van der Waals surface area contributed by atoms with Crippen LogP contribution >= 0.6 is 0 Å². The van der Waals surface area contributed by atoms with Gasteiger partial charge in [0.2, 0.25) is 0 Å². The first kappa shape index (κ1) is 16.0. The van der Waals surface area contributed by atoms with Gasteiger partial charge in [-0.25, -0.2) is 9.97 Å². The van der Waals surface area contributed by atoms with Crippen LogP contribution < -0.4 is 4.74 Å². The quantitative estimate of drug-likeness (QED) is 0.751. The maximum Gasteiger partial charge on any atom is 0.128 e. The summed E-state index contributed by atoms with van der Waals surface area (Å²) in [6.45, 7) is 5.48. The first-order valence-electron chi connectivity index (χ1n) is 8.77. The predicted octanol–water partition coefficient (Wildman–Crippen LogP) is 4.56. The Morgan fingerprint density at radius 2 is 2.04 bits per heavy atom. The molecule has 0 saturated heterocycles. The standard InChI is InChI=1S/C20H26N2O/c1-3-16(17-6-7-19-18(14-17)9-12-23-19)13-15(2)5-8-20-21-10-4-11-22-20/h4,6-7,10-11,14-16H,3,5,8-9,12-13H2,1-2H3. The van der Waals surface area contributed by atoms with Gasteiger partial charge in [-0.05, 0) is 54.4 Å². The van der Waals surface area contributed by atoms with Gasteiger partial charge in [0.05, 0.1) is 6.61 Å². The highest BCUT2D eigenvalue weighted by Gasteiger charge is 2.18. The lowest BCUT2D eigenvalue weighted by Crippen LogP contribution is -2.07. The summed E-state index contributed by atoms with van der Waals surface area (Å²) in [6, 6.07) is 8.65. The molecule has 2 heterocycles. The van der Waals surface area contributed by atoms with E-state index in [0.717, 1.165) is 37.4 Å². The average molecular weight is 310 g/mol. The molecule has 1 aliphatic rings. The molecule has 0 fully saturated rings. The monoisotopic (exact) mass is 310 g/mol. The van der Waals surface area contributed by atoms with Crippen LogP contribution in [0.25, 0.3) is 0 Å². The number of fused-ring (bicyclic) bond motifs is 1. The van der Waals surface area contributed by atoms with Crippen LogP contribution in [0.5, 0.6) is 5.75 Å². The van der Waals surface area contributed by atoms with Gasteiger partial charge < -0.3 is 4.74 Å². The molecule has 23 heavy (non-hydrogen) atoms. The first-order valence-corrected chi connectivity index (χ1v) is 8.77. The number of hydrogen-bond acceptors (Lipinski definition) is 3. The maximum atomic E-state index is 5.62. The Balaban J connectivity index is 1.58. The van der Waals surface area contributed by atoms with Crippen molar-refractivity contribution in [2.24, 2.45) is 5.92 Å². The smallest absolute Gasteiger partial charge is 0.128 e. The lowest BCUT2D eigenvalue weighted by Gasteiger charge is -2.20. The van der Waals surface area contributed by atoms with Crippen LogP contribution in [-0.4, -0.2) is 16.6 Å². The van der Waals surface area contributed by atoms with Crippen molar-refractivity contribution in [1.29, 1.82) is 0 Å². The summed E-state index contributed by atoms with van der Waals surface area (Å²) in [5, 5.41) is 0. The van der Waals surface area contributed by atoms with E-state index in [0.29, 0.717) is 11.8 Å². The van der Waals surface area contributed by atoms with Crippen LogP contribution in [0.2, 0.25) is 0 Å². The zero-order valence-corrected chi connectivity index (χ0v) is 14.2. The largest absolute Gasteiger partial charge is 0.493 e. The third-order valence-electron chi connectivity index (χ3n) is 4.84. The minimum Gasteiger partial charge on any atom is -0.493 e. The molecule has 0 bridgehead atoms. The van der Waals surface area contributed by atoms with E-state index in [1.807, 2.05) is 18.5 Å². The molecule has 0 saturated carbocycles. The molecule has 3 nitrogen and oxygen atoms in total. The molecule has 2 atom stereocenters. The number of rotatable bonds is 7. The molecule has 0 radical (unpaired) electrons. The van der Waals surface area contributed by atoms with Gasteiger partial charge in [-0.2, -0.15) is 0 Å². The molecule has 0 N–H and O–H groups in total. The van der Waals surface area contributed by atoms with E-state index in [1.165, 1.54) is 24.0 Å². The van der Waals surface area contributed by atoms with Gasteiger partial charge in [0.15, 0.2) is 0 Å². The molecule has 2 unspecified atom stereocenters. The van der Waals surface area contributed by atoms with E-state index in [1.54, 1.807) is 0 Å². The molecule has 1 aliphatic heterocycles. The number of nitrogens with zero attached hydrogens (tertiary/aromatic N) is 2. The first-order chi connectivity index (χ1) is 11.3. The molecule has 2 aromatic rings. The lowest BCUT2D eigenvalue weighted by molar-refractivity contribution is 0.356. The maximum absolute atomic E-state index is 5.62. The Kier molecular flexibility index (Phi) is 5.27. The van der Waals surface area contributed by atoms with Crippen LogP contribution in [0.4, 0.5) is 0 Å². The summed E-state index contributed by atoms with van der Waals surface area (Å²) in [5.74, 6) is 3.35. The summed E-state index contributed by atoms with van der Waals surface area (Å²) >= 11 is 0. The van der Waals surface area contributed by atoms with E-state index in [-0.39, 0.29) is 0 Å². The lowest BCUT2D eigenvalue weighted by atomic mass is 9.85. The minimum atomic E-state index is 0.632. The van der Waals surface area contributed by atoms with E-state index in [4.69, 9.17) is 4.74 Å². The molecular formula is C20H26N2O. The fourth-order valence-electron chi connectivity index (χ4n) is 3.44. The Labute approximate surface area is 139 Å². The molecule has 122 valence electrons. The van der Waals surface area contributed by atoms with Gasteiger partial charge in [-0.3, -0.25) is 0 Å². The second-order valence-electron chi connectivity index (χ2n) is 6.62. The summed E-state index contributed by atoms with van der Waals surface area (Å²) in [7, 11) is 0. The number of aryl methyl sites for hydroxylation is 1. The van der Waals surface area contributed by atoms with Crippen molar-refractivity contribution in [3.63, 3.8) is 0 Å². The Hall–Kier alpha value is -1.90. The second-order valence-corrected chi connectivity index (χ2v) is 6.62. The van der Waals surface area contributed by atoms with Crippen LogP contribution in [0.1, 0.15) is 56.0 Å². The van der Waals surface area contributed by atoms with E-state index >= 15 is 0 Å². The van der Waals surface area contributed by atoms with Gasteiger partial charge in [0, 0.05) is 25.2 Å². The van der Waals surface area contributed by atoms with Crippen LogP contribution in [0.15, 0.2) is 36.7 Å². The van der Waals surface area contributed by atoms with E-state index in [9.17, 15) is 0 Å². The predicted molar refractivity (Wildman–Crippen MR) is 92.8 cm³/mol. The van der Waals surface area contributed by atoms with Crippen molar-refractivity contribution in [2.75, 3.05) is 6.61 Å². The molecule has 0 spiro atoms. The van der Waals surface area contributed by atoms with Crippen molar-refractivity contribution in [3.05, 3.63) is 53.6 Å². The molecule has 3 heteroatoms. The van der Waals surface area contributed by atoms with E-state index in [2.05, 4.69) is 42.0 Å². The highest BCUT2D eigenvalue weighted by atomic mass is 16.5. The topological polar surface area (TPSA) is 35.0 Å². The molecule has 0 amide bonds. The average Bonchev–Trinajstić information content (AvgIpc) is 3.06. The van der Waals surface area contributed by atoms with Crippen molar-refractivity contribution >= 4 is 0 Å². The van der Waals surface area contributed by atoms with Crippen molar-refractivity contribution in [1.82, 2.24) is 9.97 Å². The van der Waals surface area contributed by atoms with Gasteiger partial charge in [0.25, 0.3) is 0 Å². The Morgan fingerprint density at radius 3 is 2.83 bits per heavy atom. The molecule has 1 aromatic carbocycles. The number of ether oxygens (including phenoxy) is 1. The second kappa shape index (κ2) is 7.58. The molecule has 3 rings (SSSR count). The van der Waals surface area contributed by atoms with Crippen LogP contribution in [-0.2, 0) is 12.8 Å². The van der Waals surface area contributed by atoms with Gasteiger partial charge in [0.1, 0.15) is 11.6 Å². The Bertz CT molecular complexity index is 627. The number of benzene rings is 1. The van der Waals surface area contributed by atoms with Gasteiger partial charge in [-0.15, -0.1) is 0 Å². The minimum absolute atomic E-state index is 0.632. The fourth-order valence-corrected chi connectivity index (χ4v) is 3.44. The number of hydrogen-bond donors (Lipinski definition) is 0. The zero-order chi connectivity index (χ0) is 16.1. The molecular weight excluding hydrogens is 284 g/mol. The highest BCUT2D eigenvalue weighted by Crippen LogP contribution is 2.33. The Morgan fingerprint density at radius 1 is 1.22 bits per heavy atom. The zero-order valence-electron chi connectivity index (χ0n) is 14.2. The summed E-state index contributed by atoms with van der Waals surface area (Å²) in [6.07, 6.45) is 9.24. The SMILES string of the molecule is CCC(CC(C)CCc1ncccn1)c1ccc2c(c1)CCO2. The van der Waals surface area contributed by atoms with Crippen LogP contribution in [0.3, 0.4) is 0 Å². The number of aromatic nitrogens is 2. The fraction of sp³-hybridized carbons (Fsp3) is 0.500. The third-order valence-corrected chi connectivity index (χ3v) is 4.84. The van der Waals surface area contributed by atoms with E-state index < -0.39 is 0 Å². The molecule has 1 aromatic heterocycles. The summed E-state index contributed by atoms with van der Waals surface area (Å²) in [4.78, 5) is 8.64. The summed E-state index contributed by atoms with van der Waals surface area (Å²) < 4.78 is 5.62. The van der Waals surface area contributed by atoms with Gasteiger partial charge >= 0.3 is 0 Å². The van der Waals surface area contributed by atoms with Crippen molar-refractivity contribution < 1.29 is 4.74 Å². The summed E-state index contributed by atoms with van der Waals surface area (Å²) in [5.41, 5.74) is 2.85. The normalized spacial score (nSPS) is 15.7.